The van der Waals surface area contributed by atoms with Gasteiger partial charge < -0.3 is 9.47 Å². The third kappa shape index (κ3) is 4.58. The van der Waals surface area contributed by atoms with Crippen LogP contribution in [0, 0.1) is 29.1 Å². The molecule has 1 aromatic rings. The predicted molar refractivity (Wildman–Crippen MR) is 76.0 cm³/mol. The molecule has 0 spiro atoms. The van der Waals surface area contributed by atoms with Crippen molar-refractivity contribution in [3.63, 3.8) is 0 Å². The average Bonchev–Trinajstić information content (AvgIpc) is 2.61. The molecule has 0 bridgehead atoms. The molecule has 27 heavy (non-hydrogen) atoms. The van der Waals surface area contributed by atoms with Gasteiger partial charge in [-0.3, -0.25) is 0 Å². The van der Waals surface area contributed by atoms with Crippen molar-refractivity contribution >= 4 is 11.9 Å². The van der Waals surface area contributed by atoms with E-state index in [4.69, 9.17) is 0 Å². The molecule has 1 atom stereocenters. The first-order valence-corrected chi connectivity index (χ1v) is 7.27. The Kier molecular flexibility index (Phi) is 6.99. The summed E-state index contributed by atoms with van der Waals surface area (Å²) in [5.74, 6) is -19.8. The number of hydrogen-bond acceptors (Lipinski definition) is 4. The summed E-state index contributed by atoms with van der Waals surface area (Å²) in [5, 5.41) is 0. The van der Waals surface area contributed by atoms with Crippen molar-refractivity contribution in [2.75, 3.05) is 0 Å². The van der Waals surface area contributed by atoms with E-state index in [1.165, 1.54) is 0 Å². The van der Waals surface area contributed by atoms with E-state index in [-0.39, 0.29) is 5.57 Å². The van der Waals surface area contributed by atoms with Crippen LogP contribution in [0.3, 0.4) is 0 Å². The van der Waals surface area contributed by atoms with Gasteiger partial charge in [0.25, 0.3) is 0 Å². The van der Waals surface area contributed by atoms with Crippen molar-refractivity contribution in [2.24, 2.45) is 0 Å². The summed E-state index contributed by atoms with van der Waals surface area (Å²) in [6.07, 6.45) is -2.85. The minimum Gasteiger partial charge on any atom is -0.456 e. The number of benzene rings is 1. The van der Waals surface area contributed by atoms with E-state index in [1.54, 1.807) is 0 Å². The van der Waals surface area contributed by atoms with E-state index in [2.05, 4.69) is 16.1 Å². The fourth-order valence-electron chi connectivity index (χ4n) is 1.79. The minimum atomic E-state index is -4.45. The maximum absolute atomic E-state index is 14.1. The quantitative estimate of drug-likeness (QED) is 0.228. The standard InChI is InChI=1S/C16H13F7O4/c1-4-8(27-14(24)6(2)3)16(22,23)15(25)26-5-7-9(17)11(19)13(21)12(20)10(7)18/h8H,2,4-5H2,1,3H3. The maximum Gasteiger partial charge on any atom is 0.381 e. The molecule has 0 N–H and O–H groups in total. The fourth-order valence-corrected chi connectivity index (χ4v) is 1.79. The molecule has 0 radical (unpaired) electrons. The Balaban J connectivity index is 3.02. The molecule has 0 aliphatic rings. The zero-order valence-corrected chi connectivity index (χ0v) is 14.0. The molecule has 1 unspecified atom stereocenters. The number of hydrogen-bond donors (Lipinski definition) is 0. The summed E-state index contributed by atoms with van der Waals surface area (Å²) in [7, 11) is 0. The lowest BCUT2D eigenvalue weighted by Crippen LogP contribution is -2.45. The van der Waals surface area contributed by atoms with Gasteiger partial charge in [-0.05, 0) is 13.3 Å². The van der Waals surface area contributed by atoms with E-state index in [0.29, 0.717) is 0 Å². The average molecular weight is 402 g/mol. The van der Waals surface area contributed by atoms with Crippen LogP contribution in [0.5, 0.6) is 0 Å². The van der Waals surface area contributed by atoms with Gasteiger partial charge in [-0.1, -0.05) is 13.5 Å². The largest absolute Gasteiger partial charge is 0.456 e. The lowest BCUT2D eigenvalue weighted by Gasteiger charge is -2.24. The molecule has 0 heterocycles. The second-order valence-electron chi connectivity index (χ2n) is 5.33. The van der Waals surface area contributed by atoms with Gasteiger partial charge in [-0.25, -0.2) is 31.5 Å². The summed E-state index contributed by atoms with van der Waals surface area (Å²) in [5.41, 5.74) is -1.85. The van der Waals surface area contributed by atoms with Crippen molar-refractivity contribution < 1.29 is 49.8 Å². The Bertz CT molecular complexity index is 748. The zero-order valence-electron chi connectivity index (χ0n) is 14.0. The molecule has 0 saturated carbocycles. The molecule has 0 aliphatic carbocycles. The van der Waals surface area contributed by atoms with Crippen molar-refractivity contribution in [1.82, 2.24) is 0 Å². The number of esters is 2. The first-order valence-electron chi connectivity index (χ1n) is 7.27. The van der Waals surface area contributed by atoms with E-state index < -0.39 is 71.6 Å². The van der Waals surface area contributed by atoms with Crippen LogP contribution in [0.1, 0.15) is 25.8 Å². The van der Waals surface area contributed by atoms with Gasteiger partial charge in [0.15, 0.2) is 29.4 Å². The third-order valence-corrected chi connectivity index (χ3v) is 3.29. The van der Waals surface area contributed by atoms with Crippen LogP contribution in [-0.2, 0) is 25.7 Å². The van der Waals surface area contributed by atoms with Gasteiger partial charge in [0.2, 0.25) is 5.82 Å². The predicted octanol–water partition coefficient (Wildman–Crippen LogP) is 3.96. The summed E-state index contributed by atoms with van der Waals surface area (Å²) >= 11 is 0. The Labute approximate surface area is 148 Å². The van der Waals surface area contributed by atoms with Gasteiger partial charge in [0.1, 0.15) is 6.61 Å². The van der Waals surface area contributed by atoms with Crippen LogP contribution in [0.25, 0.3) is 0 Å². The summed E-state index contributed by atoms with van der Waals surface area (Å²) in [4.78, 5) is 22.9. The number of alkyl halides is 2. The first kappa shape index (κ1) is 22.5. The summed E-state index contributed by atoms with van der Waals surface area (Å²) < 4.78 is 102. The normalized spacial score (nSPS) is 12.5. The second-order valence-corrected chi connectivity index (χ2v) is 5.33. The molecule has 150 valence electrons. The zero-order chi connectivity index (χ0) is 21.1. The lowest BCUT2D eigenvalue weighted by molar-refractivity contribution is -0.198. The monoisotopic (exact) mass is 402 g/mol. The smallest absolute Gasteiger partial charge is 0.381 e. The number of carbonyl (C=O) groups is 2. The number of ether oxygens (including phenoxy) is 2. The molecule has 1 aromatic carbocycles. The van der Waals surface area contributed by atoms with Gasteiger partial charge in [-0.2, -0.15) is 8.78 Å². The van der Waals surface area contributed by atoms with Crippen LogP contribution in [0.4, 0.5) is 30.7 Å². The molecule has 0 aromatic heterocycles. The van der Waals surface area contributed by atoms with Gasteiger partial charge >= 0.3 is 17.9 Å². The molecule has 1 rings (SSSR count). The van der Waals surface area contributed by atoms with Crippen molar-refractivity contribution in [2.45, 2.75) is 38.9 Å². The molecule has 0 amide bonds. The van der Waals surface area contributed by atoms with Crippen LogP contribution in [0.2, 0.25) is 0 Å². The van der Waals surface area contributed by atoms with Crippen molar-refractivity contribution in [3.05, 3.63) is 46.8 Å². The van der Waals surface area contributed by atoms with Crippen LogP contribution in [-0.4, -0.2) is 24.0 Å². The number of carbonyl (C=O) groups excluding carboxylic acids is 2. The van der Waals surface area contributed by atoms with Crippen LogP contribution < -0.4 is 0 Å². The fraction of sp³-hybridized carbons (Fsp3) is 0.375. The number of rotatable bonds is 7. The number of halogens is 7. The van der Waals surface area contributed by atoms with E-state index in [1.807, 2.05) is 0 Å². The highest BCUT2D eigenvalue weighted by molar-refractivity contribution is 5.87. The van der Waals surface area contributed by atoms with Crippen LogP contribution in [0.15, 0.2) is 12.2 Å². The summed E-state index contributed by atoms with van der Waals surface area (Å²) in [6, 6.07) is 0. The minimum absolute atomic E-state index is 0.237. The van der Waals surface area contributed by atoms with E-state index in [9.17, 15) is 40.3 Å². The maximum atomic E-state index is 14.1. The molecule has 4 nitrogen and oxygen atoms in total. The van der Waals surface area contributed by atoms with Gasteiger partial charge in [0, 0.05) is 5.57 Å². The molecule has 11 heteroatoms. The SMILES string of the molecule is C=C(C)C(=O)OC(CC)C(F)(F)C(=O)OCc1c(F)c(F)c(F)c(F)c1F. The summed E-state index contributed by atoms with van der Waals surface area (Å²) in [6.45, 7) is 3.81. The third-order valence-electron chi connectivity index (χ3n) is 3.29. The van der Waals surface area contributed by atoms with Crippen LogP contribution >= 0.6 is 0 Å². The molecule has 0 aliphatic heterocycles. The Hall–Kier alpha value is -2.59. The Morgan fingerprint density at radius 2 is 1.44 bits per heavy atom. The molecular formula is C16H13F7O4. The molecular weight excluding hydrogens is 389 g/mol. The van der Waals surface area contributed by atoms with E-state index in [0.717, 1.165) is 13.8 Å². The Morgan fingerprint density at radius 3 is 1.85 bits per heavy atom. The molecule has 0 saturated heterocycles. The van der Waals surface area contributed by atoms with Crippen molar-refractivity contribution in [3.8, 4) is 0 Å². The van der Waals surface area contributed by atoms with Gasteiger partial charge in [0.05, 0.1) is 5.56 Å². The Morgan fingerprint density at radius 1 is 1.00 bits per heavy atom. The highest BCUT2D eigenvalue weighted by atomic mass is 19.3. The highest BCUT2D eigenvalue weighted by Gasteiger charge is 2.50. The lowest BCUT2D eigenvalue weighted by atomic mass is 10.1. The second kappa shape index (κ2) is 8.40. The highest BCUT2D eigenvalue weighted by Crippen LogP contribution is 2.28. The van der Waals surface area contributed by atoms with Gasteiger partial charge in [-0.15, -0.1) is 0 Å². The van der Waals surface area contributed by atoms with Crippen molar-refractivity contribution in [1.29, 1.82) is 0 Å². The topological polar surface area (TPSA) is 52.6 Å². The first-order chi connectivity index (χ1) is 12.4. The molecule has 0 fully saturated rings. The van der Waals surface area contributed by atoms with E-state index >= 15 is 0 Å².